The zero-order valence-electron chi connectivity index (χ0n) is 15.0. The van der Waals surface area contributed by atoms with Crippen LogP contribution in [0.2, 0.25) is 0 Å². The molecule has 2 heterocycles. The molecular weight excluding hydrogens is 408 g/mol. The van der Waals surface area contributed by atoms with Crippen LogP contribution in [0.25, 0.3) is 0 Å². The minimum absolute atomic E-state index is 0.0969. The number of rotatable bonds is 6. The number of thioether (sulfide) groups is 1. The number of aromatic nitrogens is 2. The van der Waals surface area contributed by atoms with E-state index in [4.69, 9.17) is 4.74 Å². The monoisotopic (exact) mass is 428 g/mol. The number of morpholine rings is 1. The molecule has 8 nitrogen and oxygen atoms in total. The van der Waals surface area contributed by atoms with Gasteiger partial charge in [0.25, 0.3) is 5.91 Å². The Morgan fingerprint density at radius 1 is 1.33 bits per heavy atom. The van der Waals surface area contributed by atoms with E-state index in [-0.39, 0.29) is 4.90 Å². The highest BCUT2D eigenvalue weighted by Gasteiger charge is 2.27. The number of hydrogen-bond acceptors (Lipinski definition) is 8. The molecule has 0 spiro atoms. The standard InChI is InChI=1S/C16H20N4O4S3/c1-3-25-16-19-18-15(26-16)17-14(21)13-10-12(5-4-11(13)2)27(22,23)20-6-8-24-9-7-20/h4-5,10H,3,6-9H2,1-2H3,(H,17,18,21). The number of anilines is 1. The van der Waals surface area contributed by atoms with Crippen LogP contribution >= 0.6 is 23.1 Å². The Hall–Kier alpha value is -1.53. The van der Waals surface area contributed by atoms with E-state index in [1.165, 1.54) is 27.8 Å². The first-order valence-corrected chi connectivity index (χ1v) is 11.6. The predicted octanol–water partition coefficient (Wildman–Crippen LogP) is 2.23. The Labute approximate surface area is 166 Å². The molecule has 1 aliphatic rings. The zero-order chi connectivity index (χ0) is 19.4. The molecule has 0 saturated carbocycles. The number of nitrogens with one attached hydrogen (secondary N) is 1. The maximum atomic E-state index is 12.8. The van der Waals surface area contributed by atoms with Crippen molar-refractivity contribution in [1.82, 2.24) is 14.5 Å². The molecule has 0 bridgehead atoms. The van der Waals surface area contributed by atoms with Crippen molar-refractivity contribution < 1.29 is 17.9 Å². The lowest BCUT2D eigenvalue weighted by Gasteiger charge is -2.26. The summed E-state index contributed by atoms with van der Waals surface area (Å²) in [6.45, 7) is 5.12. The number of benzene rings is 1. The third-order valence-electron chi connectivity index (χ3n) is 3.96. The fourth-order valence-corrected chi connectivity index (χ4v) is 5.63. The van der Waals surface area contributed by atoms with Crippen molar-refractivity contribution in [2.24, 2.45) is 0 Å². The van der Waals surface area contributed by atoms with E-state index in [9.17, 15) is 13.2 Å². The molecule has 146 valence electrons. The van der Waals surface area contributed by atoms with Gasteiger partial charge in [-0.3, -0.25) is 10.1 Å². The summed E-state index contributed by atoms with van der Waals surface area (Å²) in [5.74, 6) is 0.457. The molecular formula is C16H20N4O4S3. The fraction of sp³-hybridized carbons (Fsp3) is 0.438. The number of aryl methyl sites for hydroxylation is 1. The smallest absolute Gasteiger partial charge is 0.257 e. The van der Waals surface area contributed by atoms with Crippen molar-refractivity contribution in [2.45, 2.75) is 23.1 Å². The Morgan fingerprint density at radius 3 is 2.78 bits per heavy atom. The lowest BCUT2D eigenvalue weighted by molar-refractivity contribution is 0.0730. The van der Waals surface area contributed by atoms with Crippen molar-refractivity contribution in [2.75, 3.05) is 37.4 Å². The van der Waals surface area contributed by atoms with Crippen LogP contribution in [0.4, 0.5) is 5.13 Å². The fourth-order valence-electron chi connectivity index (χ4n) is 2.55. The van der Waals surface area contributed by atoms with Crippen LogP contribution in [0.5, 0.6) is 0 Å². The van der Waals surface area contributed by atoms with Gasteiger partial charge in [0.15, 0.2) is 4.34 Å². The van der Waals surface area contributed by atoms with Crippen LogP contribution in [-0.4, -0.2) is 60.9 Å². The van der Waals surface area contributed by atoms with E-state index in [0.717, 1.165) is 10.1 Å². The maximum Gasteiger partial charge on any atom is 0.257 e. The zero-order valence-corrected chi connectivity index (χ0v) is 17.4. The molecule has 2 aromatic rings. The molecule has 3 rings (SSSR count). The molecule has 1 amide bonds. The molecule has 0 atom stereocenters. The van der Waals surface area contributed by atoms with Crippen LogP contribution in [0, 0.1) is 6.92 Å². The molecule has 1 aromatic heterocycles. The van der Waals surface area contributed by atoms with E-state index in [0.29, 0.717) is 42.6 Å². The normalized spacial score (nSPS) is 15.6. The number of nitrogens with zero attached hydrogens (tertiary/aromatic N) is 3. The van der Waals surface area contributed by atoms with Crippen molar-refractivity contribution >= 4 is 44.2 Å². The highest BCUT2D eigenvalue weighted by Crippen LogP contribution is 2.26. The van der Waals surface area contributed by atoms with E-state index in [1.54, 1.807) is 24.8 Å². The van der Waals surface area contributed by atoms with Gasteiger partial charge in [0.05, 0.1) is 18.1 Å². The summed E-state index contributed by atoms with van der Waals surface area (Å²) in [7, 11) is -3.67. The van der Waals surface area contributed by atoms with Crippen molar-refractivity contribution in [3.63, 3.8) is 0 Å². The summed E-state index contributed by atoms with van der Waals surface area (Å²) in [5, 5.41) is 11.0. The first-order valence-electron chi connectivity index (χ1n) is 8.38. The summed E-state index contributed by atoms with van der Waals surface area (Å²) in [5.41, 5.74) is 0.977. The van der Waals surface area contributed by atoms with Gasteiger partial charge in [-0.05, 0) is 30.4 Å². The number of sulfonamides is 1. The largest absolute Gasteiger partial charge is 0.379 e. The first kappa shape index (κ1) is 20.2. The average molecular weight is 429 g/mol. The second-order valence-electron chi connectivity index (χ2n) is 5.75. The molecule has 0 unspecified atom stereocenters. The predicted molar refractivity (Wildman–Crippen MR) is 105 cm³/mol. The van der Waals surface area contributed by atoms with E-state index in [1.807, 2.05) is 6.92 Å². The summed E-state index contributed by atoms with van der Waals surface area (Å²) < 4.78 is 33.0. The minimum Gasteiger partial charge on any atom is -0.379 e. The van der Waals surface area contributed by atoms with Crippen LogP contribution in [0.3, 0.4) is 0 Å². The summed E-state index contributed by atoms with van der Waals surface area (Å²) in [6, 6.07) is 4.58. The van der Waals surface area contributed by atoms with Crippen molar-refractivity contribution in [1.29, 1.82) is 0 Å². The second kappa shape index (κ2) is 8.65. The lowest BCUT2D eigenvalue weighted by Crippen LogP contribution is -2.40. The highest BCUT2D eigenvalue weighted by molar-refractivity contribution is 8.01. The Balaban J connectivity index is 1.82. The van der Waals surface area contributed by atoms with Crippen molar-refractivity contribution in [3.05, 3.63) is 29.3 Å². The van der Waals surface area contributed by atoms with Gasteiger partial charge in [-0.2, -0.15) is 4.31 Å². The summed E-state index contributed by atoms with van der Waals surface area (Å²) in [4.78, 5) is 12.7. The molecule has 1 N–H and O–H groups in total. The first-order chi connectivity index (χ1) is 12.9. The van der Waals surface area contributed by atoms with Crippen LogP contribution in [0.1, 0.15) is 22.8 Å². The third kappa shape index (κ3) is 4.66. The SMILES string of the molecule is CCSc1nnc(NC(=O)c2cc(S(=O)(=O)N3CCOCC3)ccc2C)s1. The van der Waals surface area contributed by atoms with Crippen LogP contribution < -0.4 is 5.32 Å². The van der Waals surface area contributed by atoms with Gasteiger partial charge in [-0.1, -0.05) is 36.1 Å². The van der Waals surface area contributed by atoms with Gasteiger partial charge in [-0.15, -0.1) is 10.2 Å². The number of carbonyl (C=O) groups is 1. The van der Waals surface area contributed by atoms with E-state index in [2.05, 4.69) is 15.5 Å². The Kier molecular flexibility index (Phi) is 6.48. The van der Waals surface area contributed by atoms with E-state index >= 15 is 0 Å². The topological polar surface area (TPSA) is 101 Å². The number of carbonyl (C=O) groups excluding carboxylic acids is 1. The third-order valence-corrected chi connectivity index (χ3v) is 7.71. The quantitative estimate of drug-likeness (QED) is 0.556. The highest BCUT2D eigenvalue weighted by atomic mass is 32.2. The lowest BCUT2D eigenvalue weighted by atomic mass is 10.1. The Morgan fingerprint density at radius 2 is 2.07 bits per heavy atom. The maximum absolute atomic E-state index is 12.8. The number of hydrogen-bond donors (Lipinski definition) is 1. The summed E-state index contributed by atoms with van der Waals surface area (Å²) >= 11 is 2.83. The van der Waals surface area contributed by atoms with Crippen molar-refractivity contribution in [3.8, 4) is 0 Å². The van der Waals surface area contributed by atoms with Gasteiger partial charge >= 0.3 is 0 Å². The van der Waals surface area contributed by atoms with Gasteiger partial charge in [-0.25, -0.2) is 8.42 Å². The molecule has 1 aromatic carbocycles. The van der Waals surface area contributed by atoms with E-state index < -0.39 is 15.9 Å². The summed E-state index contributed by atoms with van der Waals surface area (Å²) in [6.07, 6.45) is 0. The van der Waals surface area contributed by atoms with Gasteiger partial charge < -0.3 is 4.74 Å². The molecule has 1 saturated heterocycles. The van der Waals surface area contributed by atoms with Crippen LogP contribution in [-0.2, 0) is 14.8 Å². The Bertz CT molecular complexity index is 923. The molecule has 1 fully saturated rings. The molecule has 1 aliphatic heterocycles. The van der Waals surface area contributed by atoms with Gasteiger partial charge in [0.1, 0.15) is 0 Å². The molecule has 0 aliphatic carbocycles. The van der Waals surface area contributed by atoms with Crippen LogP contribution in [0.15, 0.2) is 27.4 Å². The second-order valence-corrected chi connectivity index (χ2v) is 10.2. The molecule has 27 heavy (non-hydrogen) atoms. The molecule has 0 radical (unpaired) electrons. The number of ether oxygens (including phenoxy) is 1. The minimum atomic E-state index is -3.67. The number of amides is 1. The van der Waals surface area contributed by atoms with Gasteiger partial charge in [0, 0.05) is 18.7 Å². The molecule has 11 heteroatoms. The van der Waals surface area contributed by atoms with Gasteiger partial charge in [0.2, 0.25) is 15.2 Å². The average Bonchev–Trinajstić information content (AvgIpc) is 3.10.